The summed E-state index contributed by atoms with van der Waals surface area (Å²) in [7, 11) is 0. The van der Waals surface area contributed by atoms with Crippen molar-refractivity contribution >= 4 is 5.91 Å². The molecule has 0 saturated carbocycles. The molecule has 0 radical (unpaired) electrons. The van der Waals surface area contributed by atoms with Crippen molar-refractivity contribution in [2.75, 3.05) is 19.8 Å². The van der Waals surface area contributed by atoms with Crippen LogP contribution in [0.2, 0.25) is 0 Å². The van der Waals surface area contributed by atoms with E-state index in [1.807, 2.05) is 6.08 Å². The summed E-state index contributed by atoms with van der Waals surface area (Å²) in [6.45, 7) is 2.65. The predicted molar refractivity (Wildman–Crippen MR) is 318 cm³/mol. The lowest BCUT2D eigenvalue weighted by molar-refractivity contribution is -0.359. The highest BCUT2D eigenvalue weighted by Crippen LogP contribution is 2.30. The third kappa shape index (κ3) is 35.0. The topological polar surface area (TPSA) is 228 Å². The van der Waals surface area contributed by atoms with Gasteiger partial charge >= 0.3 is 0 Å². The molecule has 12 unspecified atom stereocenters. The average Bonchev–Trinajstić information content (AvgIpc) is 3.55. The molecule has 1 amide bonds. The van der Waals surface area contributed by atoms with Crippen molar-refractivity contribution in [1.82, 2.24) is 5.32 Å². The van der Waals surface area contributed by atoms with Crippen LogP contribution >= 0.6 is 0 Å². The Morgan fingerprint density at radius 3 is 1.39 bits per heavy atom. The van der Waals surface area contributed by atoms with Crippen molar-refractivity contribution in [2.45, 2.75) is 299 Å². The average molecular weight is 1120 g/mol. The second kappa shape index (κ2) is 49.8. The first-order valence-corrected chi connectivity index (χ1v) is 31.3. The molecule has 2 saturated heterocycles. The molecule has 0 aliphatic carbocycles. The van der Waals surface area contributed by atoms with Gasteiger partial charge in [-0.1, -0.05) is 227 Å². The van der Waals surface area contributed by atoms with Crippen LogP contribution in [0.3, 0.4) is 0 Å². The summed E-state index contributed by atoms with van der Waals surface area (Å²) in [5.74, 6) is -0.252. The molecule has 0 aromatic heterocycles. The molecule has 14 heteroatoms. The van der Waals surface area contributed by atoms with Gasteiger partial charge < -0.3 is 65.1 Å². The second-order valence-electron chi connectivity index (χ2n) is 21.8. The number of hydrogen-bond donors (Lipinski definition) is 9. The molecule has 2 rings (SSSR count). The molecular formula is C65H113NO13. The first-order chi connectivity index (χ1) is 38.6. The van der Waals surface area contributed by atoms with Gasteiger partial charge in [-0.05, 0) is 77.0 Å². The predicted octanol–water partition coefficient (Wildman–Crippen LogP) is 11.3. The summed E-state index contributed by atoms with van der Waals surface area (Å²) in [5.41, 5.74) is 0. The third-order valence-corrected chi connectivity index (χ3v) is 14.8. The van der Waals surface area contributed by atoms with Crippen molar-refractivity contribution in [2.24, 2.45) is 0 Å². The highest BCUT2D eigenvalue weighted by molar-refractivity contribution is 5.76. The van der Waals surface area contributed by atoms with Crippen LogP contribution in [-0.2, 0) is 23.7 Å². The largest absolute Gasteiger partial charge is 0.394 e. The normalized spacial score (nSPS) is 25.0. The van der Waals surface area contributed by atoms with Gasteiger partial charge in [0.05, 0.1) is 32.0 Å². The number of hydrogen-bond acceptors (Lipinski definition) is 13. The summed E-state index contributed by atoms with van der Waals surface area (Å²) in [6.07, 6.45) is 50.6. The van der Waals surface area contributed by atoms with Crippen LogP contribution in [0.25, 0.3) is 0 Å². The number of nitrogens with one attached hydrogen (secondary N) is 1. The van der Waals surface area contributed by atoms with E-state index >= 15 is 0 Å². The van der Waals surface area contributed by atoms with Crippen molar-refractivity contribution in [3.63, 3.8) is 0 Å². The molecule has 2 fully saturated rings. The fourth-order valence-electron chi connectivity index (χ4n) is 9.80. The maximum absolute atomic E-state index is 13.3. The van der Waals surface area contributed by atoms with E-state index < -0.39 is 86.8 Å². The lowest BCUT2D eigenvalue weighted by atomic mass is 9.97. The van der Waals surface area contributed by atoms with E-state index in [0.717, 1.165) is 64.2 Å². The maximum atomic E-state index is 13.3. The number of amides is 1. The van der Waals surface area contributed by atoms with Crippen LogP contribution in [-0.4, -0.2) is 140 Å². The SMILES string of the molecule is CC/C=C\C/C=C\C/C=C\C/C=C\C/C=C\CCCCCCCCCCCCCCCCCC(=O)NC(COC1OC(CO)C(OC2OC(CO)C(O)C(O)C2O)C(O)C1O)C(O)/C=C/CC/C=C/CCCCCCCCCC. The van der Waals surface area contributed by atoms with Gasteiger partial charge in [0.25, 0.3) is 0 Å². The molecule has 0 aromatic rings. The van der Waals surface area contributed by atoms with E-state index in [2.05, 4.69) is 92.1 Å². The van der Waals surface area contributed by atoms with E-state index in [0.29, 0.717) is 12.8 Å². The van der Waals surface area contributed by atoms with Crippen LogP contribution in [0.5, 0.6) is 0 Å². The number of ether oxygens (including phenoxy) is 4. The summed E-state index contributed by atoms with van der Waals surface area (Å²) in [4.78, 5) is 13.3. The van der Waals surface area contributed by atoms with Crippen LogP contribution < -0.4 is 5.32 Å². The number of carbonyl (C=O) groups is 1. The Hall–Kier alpha value is -2.83. The first kappa shape index (κ1) is 72.3. The minimum absolute atomic E-state index is 0.252. The monoisotopic (exact) mass is 1120 g/mol. The van der Waals surface area contributed by atoms with Gasteiger partial charge in [0.15, 0.2) is 12.6 Å². The van der Waals surface area contributed by atoms with Gasteiger partial charge in [-0.25, -0.2) is 0 Å². The molecule has 0 bridgehead atoms. The van der Waals surface area contributed by atoms with E-state index in [9.17, 15) is 45.6 Å². The summed E-state index contributed by atoms with van der Waals surface area (Å²) >= 11 is 0. The van der Waals surface area contributed by atoms with Crippen LogP contribution in [0.4, 0.5) is 0 Å². The molecular weight excluding hydrogens is 1000 g/mol. The molecule has 0 spiro atoms. The van der Waals surface area contributed by atoms with Crippen molar-refractivity contribution in [3.05, 3.63) is 85.1 Å². The number of carbonyl (C=O) groups excluding carboxylic acids is 1. The molecule has 12 atom stereocenters. The molecule has 0 aromatic carbocycles. The Labute approximate surface area is 478 Å². The van der Waals surface area contributed by atoms with Crippen molar-refractivity contribution < 1.29 is 64.6 Å². The van der Waals surface area contributed by atoms with E-state index in [1.165, 1.54) is 128 Å². The fourth-order valence-corrected chi connectivity index (χ4v) is 9.80. The quantitative estimate of drug-likeness (QED) is 0.0204. The van der Waals surface area contributed by atoms with Gasteiger partial charge in [-0.3, -0.25) is 4.79 Å². The van der Waals surface area contributed by atoms with E-state index in [4.69, 9.17) is 18.9 Å². The number of aliphatic hydroxyl groups excluding tert-OH is 8. The number of allylic oxidation sites excluding steroid dienone is 13. The lowest BCUT2D eigenvalue weighted by Gasteiger charge is -2.46. The summed E-state index contributed by atoms with van der Waals surface area (Å²) < 4.78 is 22.8. The van der Waals surface area contributed by atoms with Crippen molar-refractivity contribution in [1.29, 1.82) is 0 Å². The Bertz CT molecular complexity index is 1650. The highest BCUT2D eigenvalue weighted by atomic mass is 16.7. The Balaban J connectivity index is 1.68. The zero-order chi connectivity index (χ0) is 57.4. The van der Waals surface area contributed by atoms with Gasteiger partial charge in [0.1, 0.15) is 48.8 Å². The zero-order valence-corrected chi connectivity index (χ0v) is 49.1. The standard InChI is InChI=1S/C65H113NO13/c1-3-5-7-9-11-13-15-17-19-20-21-22-23-24-25-26-27-28-29-30-31-32-33-34-35-37-39-41-43-45-47-49-57(70)66-53(54(69)48-46-44-42-40-38-36-18-16-14-12-10-8-6-4-2)52-76-64-62(75)60(73)63(56(51-68)78-64)79-65-61(74)59(72)58(71)55(50-67)77-65/h5,7,11,13,17,19,21-22,24-25,38,40,46,48,53-56,58-65,67-69,71-75H,3-4,6,8-10,12,14-16,18,20,23,26-37,39,41-45,47,49-52H2,1-2H3,(H,66,70)/b7-5-,13-11-,19-17-,22-21-,25-24-,40-38+,48-46+. The molecule has 14 nitrogen and oxygen atoms in total. The Morgan fingerprint density at radius 2 is 0.886 bits per heavy atom. The summed E-state index contributed by atoms with van der Waals surface area (Å²) in [5, 5.41) is 87.1. The number of rotatable bonds is 49. The fraction of sp³-hybridized carbons (Fsp3) is 0.769. The smallest absolute Gasteiger partial charge is 0.220 e. The molecule has 2 aliphatic heterocycles. The highest BCUT2D eigenvalue weighted by Gasteiger charge is 2.51. The maximum Gasteiger partial charge on any atom is 0.220 e. The molecule has 2 aliphatic rings. The zero-order valence-electron chi connectivity index (χ0n) is 49.1. The molecule has 79 heavy (non-hydrogen) atoms. The van der Waals surface area contributed by atoms with Gasteiger partial charge in [0.2, 0.25) is 5.91 Å². The minimum Gasteiger partial charge on any atom is -0.394 e. The second-order valence-corrected chi connectivity index (χ2v) is 21.8. The van der Waals surface area contributed by atoms with Crippen LogP contribution in [0.15, 0.2) is 85.1 Å². The Morgan fingerprint density at radius 1 is 0.468 bits per heavy atom. The van der Waals surface area contributed by atoms with Gasteiger partial charge in [-0.15, -0.1) is 0 Å². The Kier molecular flexibility index (Phi) is 45.5. The van der Waals surface area contributed by atoms with E-state index in [-0.39, 0.29) is 18.9 Å². The van der Waals surface area contributed by atoms with Crippen LogP contribution in [0, 0.1) is 0 Å². The molecule has 2 heterocycles. The molecule has 9 N–H and O–H groups in total. The third-order valence-electron chi connectivity index (χ3n) is 14.8. The first-order valence-electron chi connectivity index (χ1n) is 31.3. The minimum atomic E-state index is -1.79. The number of aliphatic hydroxyl groups is 8. The lowest BCUT2D eigenvalue weighted by Crippen LogP contribution is -2.65. The molecule has 456 valence electrons. The van der Waals surface area contributed by atoms with Crippen molar-refractivity contribution in [3.8, 4) is 0 Å². The van der Waals surface area contributed by atoms with Gasteiger partial charge in [0, 0.05) is 6.42 Å². The van der Waals surface area contributed by atoms with Gasteiger partial charge in [-0.2, -0.15) is 0 Å². The van der Waals surface area contributed by atoms with Crippen LogP contribution in [0.1, 0.15) is 226 Å². The summed E-state index contributed by atoms with van der Waals surface area (Å²) in [6, 6.07) is -0.935. The number of unbranched alkanes of at least 4 members (excludes halogenated alkanes) is 24. The van der Waals surface area contributed by atoms with E-state index in [1.54, 1.807) is 6.08 Å².